The zero-order valence-corrected chi connectivity index (χ0v) is 11.9. The van der Waals surface area contributed by atoms with Crippen LogP contribution in [0.25, 0.3) is 10.8 Å². The Morgan fingerprint density at radius 3 is 2.55 bits per heavy atom. The number of aryl methyl sites for hydroxylation is 1. The average molecular weight is 265 g/mol. The molecule has 0 saturated carbocycles. The molecule has 0 aliphatic heterocycles. The number of nitrogens with one attached hydrogen (secondary N) is 1. The van der Waals surface area contributed by atoms with Gasteiger partial charge in [-0.05, 0) is 42.8 Å². The van der Waals surface area contributed by atoms with Crippen molar-refractivity contribution in [3.8, 4) is 0 Å². The number of fused-ring (bicyclic) bond motifs is 1. The summed E-state index contributed by atoms with van der Waals surface area (Å²) in [7, 11) is 2.00. The third-order valence-electron chi connectivity index (χ3n) is 3.88. The molecular formula is C18H19NO. The van der Waals surface area contributed by atoms with Crippen molar-refractivity contribution < 1.29 is 4.42 Å². The molecule has 0 radical (unpaired) electrons. The number of furan rings is 1. The molecule has 0 amide bonds. The Hall–Kier alpha value is -2.06. The standard InChI is InChI=1S/C18H19NO/c1-13-17(9-10-20-13)18(19-2)12-14-7-8-15-5-3-4-6-16(15)11-14/h3-11,18-19H,12H2,1-2H3. The van der Waals surface area contributed by atoms with E-state index in [1.807, 2.05) is 14.0 Å². The van der Waals surface area contributed by atoms with Gasteiger partial charge in [-0.15, -0.1) is 0 Å². The van der Waals surface area contributed by atoms with Crippen molar-refractivity contribution in [2.24, 2.45) is 0 Å². The molecule has 1 atom stereocenters. The van der Waals surface area contributed by atoms with Crippen LogP contribution in [0.15, 0.2) is 59.2 Å². The van der Waals surface area contributed by atoms with Crippen molar-refractivity contribution in [1.82, 2.24) is 5.32 Å². The lowest BCUT2D eigenvalue weighted by Gasteiger charge is -2.16. The quantitative estimate of drug-likeness (QED) is 0.763. The van der Waals surface area contributed by atoms with Crippen LogP contribution in [0.3, 0.4) is 0 Å². The maximum Gasteiger partial charge on any atom is 0.105 e. The highest BCUT2D eigenvalue weighted by atomic mass is 16.3. The minimum atomic E-state index is 0.287. The van der Waals surface area contributed by atoms with Crippen molar-refractivity contribution in [3.63, 3.8) is 0 Å². The van der Waals surface area contributed by atoms with Gasteiger partial charge in [0.2, 0.25) is 0 Å². The van der Waals surface area contributed by atoms with E-state index in [4.69, 9.17) is 4.42 Å². The summed E-state index contributed by atoms with van der Waals surface area (Å²) in [6.07, 6.45) is 2.72. The fourth-order valence-corrected chi connectivity index (χ4v) is 2.73. The minimum Gasteiger partial charge on any atom is -0.469 e. The van der Waals surface area contributed by atoms with Gasteiger partial charge in [0.1, 0.15) is 5.76 Å². The Balaban J connectivity index is 1.89. The first-order valence-corrected chi connectivity index (χ1v) is 6.97. The third-order valence-corrected chi connectivity index (χ3v) is 3.88. The number of likely N-dealkylation sites (N-methyl/N-ethyl adjacent to an activating group) is 1. The molecule has 2 aromatic carbocycles. The molecule has 1 heterocycles. The monoisotopic (exact) mass is 265 g/mol. The summed E-state index contributed by atoms with van der Waals surface area (Å²) in [5, 5.41) is 5.97. The fraction of sp³-hybridized carbons (Fsp3) is 0.222. The molecule has 3 rings (SSSR count). The number of rotatable bonds is 4. The van der Waals surface area contributed by atoms with E-state index in [2.05, 4.69) is 53.8 Å². The van der Waals surface area contributed by atoms with Gasteiger partial charge in [-0.1, -0.05) is 42.5 Å². The fourth-order valence-electron chi connectivity index (χ4n) is 2.73. The maximum absolute atomic E-state index is 5.42. The van der Waals surface area contributed by atoms with Crippen LogP contribution in [-0.4, -0.2) is 7.05 Å². The van der Waals surface area contributed by atoms with Gasteiger partial charge in [0.15, 0.2) is 0 Å². The zero-order chi connectivity index (χ0) is 13.9. The number of hydrogen-bond donors (Lipinski definition) is 1. The average Bonchev–Trinajstić information content (AvgIpc) is 2.91. The normalized spacial score (nSPS) is 12.7. The molecular weight excluding hydrogens is 246 g/mol. The van der Waals surface area contributed by atoms with Gasteiger partial charge in [0.05, 0.1) is 6.26 Å². The van der Waals surface area contributed by atoms with Crippen LogP contribution < -0.4 is 5.32 Å². The highest BCUT2D eigenvalue weighted by Crippen LogP contribution is 2.24. The highest BCUT2D eigenvalue weighted by Gasteiger charge is 2.14. The Morgan fingerprint density at radius 1 is 1.05 bits per heavy atom. The van der Waals surface area contributed by atoms with Gasteiger partial charge in [0.25, 0.3) is 0 Å². The van der Waals surface area contributed by atoms with E-state index in [1.165, 1.54) is 21.9 Å². The van der Waals surface area contributed by atoms with E-state index >= 15 is 0 Å². The van der Waals surface area contributed by atoms with Gasteiger partial charge in [-0.25, -0.2) is 0 Å². The molecule has 0 aliphatic carbocycles. The van der Waals surface area contributed by atoms with Crippen molar-refractivity contribution in [3.05, 3.63) is 71.7 Å². The maximum atomic E-state index is 5.42. The van der Waals surface area contributed by atoms with Gasteiger partial charge >= 0.3 is 0 Å². The first kappa shape index (κ1) is 12.9. The van der Waals surface area contributed by atoms with Crippen LogP contribution in [0.2, 0.25) is 0 Å². The topological polar surface area (TPSA) is 25.2 Å². The van der Waals surface area contributed by atoms with Crippen LogP contribution in [0, 0.1) is 6.92 Å². The second-order valence-electron chi connectivity index (χ2n) is 5.16. The second-order valence-corrected chi connectivity index (χ2v) is 5.16. The SMILES string of the molecule is CNC(Cc1ccc2ccccc2c1)c1ccoc1C. The summed E-state index contributed by atoms with van der Waals surface area (Å²) in [5.41, 5.74) is 2.57. The summed E-state index contributed by atoms with van der Waals surface area (Å²) in [5.74, 6) is 0.991. The van der Waals surface area contributed by atoms with Gasteiger partial charge < -0.3 is 9.73 Å². The van der Waals surface area contributed by atoms with E-state index in [-0.39, 0.29) is 6.04 Å². The molecule has 0 saturated heterocycles. The van der Waals surface area contributed by atoms with Crippen molar-refractivity contribution in [1.29, 1.82) is 0 Å². The zero-order valence-electron chi connectivity index (χ0n) is 11.9. The van der Waals surface area contributed by atoms with Crippen LogP contribution in [0.4, 0.5) is 0 Å². The number of benzene rings is 2. The molecule has 1 unspecified atom stereocenters. The lowest BCUT2D eigenvalue weighted by atomic mass is 9.97. The largest absolute Gasteiger partial charge is 0.469 e. The summed E-state index contributed by atoms with van der Waals surface area (Å²) >= 11 is 0. The van der Waals surface area contributed by atoms with E-state index in [1.54, 1.807) is 6.26 Å². The lowest BCUT2D eigenvalue weighted by Crippen LogP contribution is -2.19. The molecule has 0 aliphatic rings. The van der Waals surface area contributed by atoms with Gasteiger partial charge in [-0.3, -0.25) is 0 Å². The third kappa shape index (κ3) is 2.47. The predicted octanol–water partition coefficient (Wildman–Crippen LogP) is 4.24. The Kier molecular flexibility index (Phi) is 3.57. The first-order chi connectivity index (χ1) is 9.78. The van der Waals surface area contributed by atoms with Crippen molar-refractivity contribution >= 4 is 10.8 Å². The van der Waals surface area contributed by atoms with E-state index in [0.29, 0.717) is 0 Å². The van der Waals surface area contributed by atoms with Crippen molar-refractivity contribution in [2.45, 2.75) is 19.4 Å². The van der Waals surface area contributed by atoms with Crippen molar-refractivity contribution in [2.75, 3.05) is 7.05 Å². The molecule has 0 fully saturated rings. The summed E-state index contributed by atoms with van der Waals surface area (Å²) in [6.45, 7) is 2.01. The van der Waals surface area contributed by atoms with Gasteiger partial charge in [0, 0.05) is 11.6 Å². The Bertz CT molecular complexity index is 714. The Morgan fingerprint density at radius 2 is 1.85 bits per heavy atom. The van der Waals surface area contributed by atoms with E-state index < -0.39 is 0 Å². The minimum absolute atomic E-state index is 0.287. The lowest BCUT2D eigenvalue weighted by molar-refractivity contribution is 0.512. The second kappa shape index (κ2) is 5.51. The van der Waals surface area contributed by atoms with Crippen LogP contribution in [-0.2, 0) is 6.42 Å². The molecule has 1 aromatic heterocycles. The van der Waals surface area contributed by atoms with E-state index in [0.717, 1.165) is 12.2 Å². The predicted molar refractivity (Wildman–Crippen MR) is 82.9 cm³/mol. The first-order valence-electron chi connectivity index (χ1n) is 6.97. The van der Waals surface area contributed by atoms with Gasteiger partial charge in [-0.2, -0.15) is 0 Å². The molecule has 0 bridgehead atoms. The van der Waals surface area contributed by atoms with Crippen LogP contribution >= 0.6 is 0 Å². The molecule has 2 heteroatoms. The Labute approximate surface area is 119 Å². The summed E-state index contributed by atoms with van der Waals surface area (Å²) in [6, 6.07) is 17.5. The molecule has 102 valence electrons. The molecule has 1 N–H and O–H groups in total. The summed E-state index contributed by atoms with van der Waals surface area (Å²) < 4.78 is 5.42. The summed E-state index contributed by atoms with van der Waals surface area (Å²) in [4.78, 5) is 0. The van der Waals surface area contributed by atoms with Crippen LogP contribution in [0.1, 0.15) is 22.9 Å². The molecule has 20 heavy (non-hydrogen) atoms. The highest BCUT2D eigenvalue weighted by molar-refractivity contribution is 5.83. The van der Waals surface area contributed by atoms with E-state index in [9.17, 15) is 0 Å². The number of hydrogen-bond acceptors (Lipinski definition) is 2. The molecule has 2 nitrogen and oxygen atoms in total. The smallest absolute Gasteiger partial charge is 0.105 e. The molecule has 3 aromatic rings. The van der Waals surface area contributed by atoms with Crippen LogP contribution in [0.5, 0.6) is 0 Å². The molecule has 0 spiro atoms.